The minimum absolute atomic E-state index is 0.0975. The average Bonchev–Trinajstić information content (AvgIpc) is 3.04. The van der Waals surface area contributed by atoms with Crippen LogP contribution in [0.15, 0.2) is 48.5 Å². The van der Waals surface area contributed by atoms with Crippen molar-refractivity contribution in [3.05, 3.63) is 70.8 Å². The van der Waals surface area contributed by atoms with Crippen molar-refractivity contribution in [1.82, 2.24) is 10.0 Å². The number of carbonyl (C=O) groups excluding carboxylic acids is 1. The first-order chi connectivity index (χ1) is 13.9. The van der Waals surface area contributed by atoms with E-state index in [-0.39, 0.29) is 11.5 Å². The van der Waals surface area contributed by atoms with Crippen LogP contribution < -0.4 is 0 Å². The Balaban J connectivity index is 1.49. The summed E-state index contributed by atoms with van der Waals surface area (Å²) in [6.45, 7) is 3.91. The van der Waals surface area contributed by atoms with Crippen LogP contribution in [0.5, 0.6) is 0 Å². The standard InChI is InChI=1S/C23H28N2O4/c1-17-3-2-4-19(15-17)16-21(26)10-12-24-13-11-22(27)25(24)14-9-18-5-7-20(8-6-18)23(28)29/h2-8,15,21,26H,9-14,16H2,1H3,(H,28,29). The molecule has 1 aliphatic heterocycles. The van der Waals surface area contributed by atoms with Gasteiger partial charge in [-0.3, -0.25) is 9.80 Å². The quantitative estimate of drug-likeness (QED) is 0.681. The molecule has 0 bridgehead atoms. The van der Waals surface area contributed by atoms with E-state index in [1.807, 2.05) is 30.1 Å². The van der Waals surface area contributed by atoms with Gasteiger partial charge in [0.2, 0.25) is 5.91 Å². The number of aromatic carboxylic acids is 1. The topological polar surface area (TPSA) is 81.1 Å². The van der Waals surface area contributed by atoms with E-state index in [4.69, 9.17) is 5.11 Å². The normalized spacial score (nSPS) is 15.7. The summed E-state index contributed by atoms with van der Waals surface area (Å²) < 4.78 is 0. The van der Waals surface area contributed by atoms with E-state index in [1.54, 1.807) is 29.3 Å². The molecule has 0 aromatic heterocycles. The zero-order valence-corrected chi connectivity index (χ0v) is 16.8. The van der Waals surface area contributed by atoms with Gasteiger partial charge in [-0.05, 0) is 49.4 Å². The van der Waals surface area contributed by atoms with Gasteiger partial charge in [0.05, 0.1) is 11.7 Å². The Morgan fingerprint density at radius 1 is 1.10 bits per heavy atom. The minimum Gasteiger partial charge on any atom is -0.478 e. The smallest absolute Gasteiger partial charge is 0.335 e. The Bertz CT molecular complexity index is 850. The van der Waals surface area contributed by atoms with Crippen molar-refractivity contribution in [2.45, 2.75) is 38.7 Å². The van der Waals surface area contributed by atoms with Crippen LogP contribution in [0.1, 0.15) is 39.9 Å². The summed E-state index contributed by atoms with van der Waals surface area (Å²) in [5.41, 5.74) is 3.56. The SMILES string of the molecule is Cc1cccc(CC(O)CCN2CCC(=O)N2CCc2ccc(C(=O)O)cc2)c1. The number of aryl methyl sites for hydroxylation is 1. The molecule has 3 rings (SSSR count). The highest BCUT2D eigenvalue weighted by molar-refractivity contribution is 5.87. The van der Waals surface area contributed by atoms with Crippen molar-refractivity contribution in [2.75, 3.05) is 19.6 Å². The zero-order chi connectivity index (χ0) is 20.8. The number of hydrogen-bond donors (Lipinski definition) is 2. The Morgan fingerprint density at radius 3 is 2.55 bits per heavy atom. The van der Waals surface area contributed by atoms with Gasteiger partial charge >= 0.3 is 5.97 Å². The molecule has 1 atom stereocenters. The van der Waals surface area contributed by atoms with Crippen LogP contribution >= 0.6 is 0 Å². The molecule has 154 valence electrons. The number of rotatable bonds is 9. The number of benzene rings is 2. The lowest BCUT2D eigenvalue weighted by Gasteiger charge is -2.28. The van der Waals surface area contributed by atoms with Crippen molar-refractivity contribution in [3.8, 4) is 0 Å². The maximum atomic E-state index is 12.3. The highest BCUT2D eigenvalue weighted by Gasteiger charge is 2.28. The Morgan fingerprint density at radius 2 is 1.86 bits per heavy atom. The zero-order valence-electron chi connectivity index (χ0n) is 16.8. The fourth-order valence-electron chi connectivity index (χ4n) is 3.69. The summed E-state index contributed by atoms with van der Waals surface area (Å²) in [5, 5.41) is 23.2. The molecule has 0 radical (unpaired) electrons. The third kappa shape index (κ3) is 5.89. The number of aliphatic hydroxyl groups excluding tert-OH is 1. The molecule has 2 aromatic rings. The molecule has 0 spiro atoms. The molecule has 2 N–H and O–H groups in total. The first-order valence-electron chi connectivity index (χ1n) is 10.0. The molecule has 0 aliphatic carbocycles. The summed E-state index contributed by atoms with van der Waals surface area (Å²) in [6, 6.07) is 14.9. The lowest BCUT2D eigenvalue weighted by Crippen LogP contribution is -2.41. The largest absolute Gasteiger partial charge is 0.478 e. The molecular weight excluding hydrogens is 368 g/mol. The first-order valence-corrected chi connectivity index (χ1v) is 10.0. The second-order valence-corrected chi connectivity index (χ2v) is 7.61. The maximum Gasteiger partial charge on any atom is 0.335 e. The van der Waals surface area contributed by atoms with Crippen LogP contribution in [-0.2, 0) is 17.6 Å². The van der Waals surface area contributed by atoms with Gasteiger partial charge in [0.1, 0.15) is 0 Å². The number of aliphatic hydroxyl groups is 1. The third-order valence-electron chi connectivity index (χ3n) is 5.30. The number of nitrogens with zero attached hydrogens (tertiary/aromatic N) is 2. The molecule has 1 fully saturated rings. The van der Waals surface area contributed by atoms with Gasteiger partial charge in [0.15, 0.2) is 0 Å². The Kier molecular flexibility index (Phi) is 7.01. The van der Waals surface area contributed by atoms with E-state index in [1.165, 1.54) is 5.56 Å². The first kappa shape index (κ1) is 21.0. The van der Waals surface area contributed by atoms with Crippen LogP contribution in [0.4, 0.5) is 0 Å². The van der Waals surface area contributed by atoms with Crippen LogP contribution in [0, 0.1) is 6.92 Å². The molecule has 29 heavy (non-hydrogen) atoms. The molecule has 6 heteroatoms. The molecule has 1 unspecified atom stereocenters. The van der Waals surface area contributed by atoms with Gasteiger partial charge in [-0.2, -0.15) is 0 Å². The van der Waals surface area contributed by atoms with E-state index in [0.29, 0.717) is 45.3 Å². The van der Waals surface area contributed by atoms with Crippen LogP contribution in [0.3, 0.4) is 0 Å². The van der Waals surface area contributed by atoms with Crippen LogP contribution in [0.2, 0.25) is 0 Å². The average molecular weight is 396 g/mol. The summed E-state index contributed by atoms with van der Waals surface area (Å²) >= 11 is 0. The highest BCUT2D eigenvalue weighted by atomic mass is 16.4. The van der Waals surface area contributed by atoms with E-state index >= 15 is 0 Å². The number of carbonyl (C=O) groups is 2. The molecule has 6 nitrogen and oxygen atoms in total. The molecule has 0 saturated carbocycles. The number of hydrazine groups is 1. The van der Waals surface area contributed by atoms with Crippen molar-refractivity contribution < 1.29 is 19.8 Å². The van der Waals surface area contributed by atoms with Gasteiger partial charge in [-0.1, -0.05) is 42.0 Å². The second-order valence-electron chi connectivity index (χ2n) is 7.61. The monoisotopic (exact) mass is 396 g/mol. The third-order valence-corrected chi connectivity index (χ3v) is 5.30. The van der Waals surface area contributed by atoms with E-state index in [2.05, 4.69) is 6.07 Å². The number of amides is 1. The van der Waals surface area contributed by atoms with Crippen molar-refractivity contribution in [2.24, 2.45) is 0 Å². The van der Waals surface area contributed by atoms with E-state index in [9.17, 15) is 14.7 Å². The van der Waals surface area contributed by atoms with E-state index in [0.717, 1.165) is 11.1 Å². The molecule has 1 aliphatic rings. The molecule has 1 saturated heterocycles. The van der Waals surface area contributed by atoms with Gasteiger partial charge in [-0.25, -0.2) is 9.80 Å². The molecule has 1 heterocycles. The van der Waals surface area contributed by atoms with Gasteiger partial charge in [0, 0.05) is 26.1 Å². The molecule has 2 aromatic carbocycles. The second kappa shape index (κ2) is 9.67. The summed E-state index contributed by atoms with van der Waals surface area (Å²) in [7, 11) is 0. The predicted octanol–water partition coefficient (Wildman–Crippen LogP) is 2.68. The maximum absolute atomic E-state index is 12.3. The van der Waals surface area contributed by atoms with Crippen LogP contribution in [0.25, 0.3) is 0 Å². The lowest BCUT2D eigenvalue weighted by molar-refractivity contribution is -0.138. The molecule has 1 amide bonds. The lowest BCUT2D eigenvalue weighted by atomic mass is 10.0. The van der Waals surface area contributed by atoms with Crippen molar-refractivity contribution in [3.63, 3.8) is 0 Å². The summed E-state index contributed by atoms with van der Waals surface area (Å²) in [4.78, 5) is 23.2. The van der Waals surface area contributed by atoms with Gasteiger partial charge in [0.25, 0.3) is 0 Å². The number of carboxylic acid groups (broad SMARTS) is 1. The van der Waals surface area contributed by atoms with Gasteiger partial charge < -0.3 is 10.2 Å². The number of hydrogen-bond acceptors (Lipinski definition) is 4. The highest BCUT2D eigenvalue weighted by Crippen LogP contribution is 2.16. The predicted molar refractivity (Wildman–Crippen MR) is 111 cm³/mol. The Hall–Kier alpha value is -2.70. The fraction of sp³-hybridized carbons (Fsp3) is 0.391. The summed E-state index contributed by atoms with van der Waals surface area (Å²) in [6.07, 6.45) is 1.92. The number of carboxylic acids is 1. The van der Waals surface area contributed by atoms with Gasteiger partial charge in [-0.15, -0.1) is 0 Å². The van der Waals surface area contributed by atoms with Crippen molar-refractivity contribution in [1.29, 1.82) is 0 Å². The van der Waals surface area contributed by atoms with E-state index < -0.39 is 12.1 Å². The van der Waals surface area contributed by atoms with Crippen LogP contribution in [-0.4, -0.2) is 57.8 Å². The Labute approximate surface area is 171 Å². The fourth-order valence-corrected chi connectivity index (χ4v) is 3.69. The molecular formula is C23H28N2O4. The minimum atomic E-state index is -0.943. The summed E-state index contributed by atoms with van der Waals surface area (Å²) in [5.74, 6) is -0.845. The van der Waals surface area contributed by atoms with Crippen molar-refractivity contribution >= 4 is 11.9 Å².